The highest BCUT2D eigenvalue weighted by Gasteiger charge is 2.09. The minimum Gasteiger partial charge on any atom is -0.489 e. The largest absolute Gasteiger partial charge is 0.489 e. The highest BCUT2D eigenvalue weighted by Crippen LogP contribution is 2.19. The number of rotatable bonds is 6. The molecule has 4 nitrogen and oxygen atoms in total. The van der Waals surface area contributed by atoms with E-state index in [0.717, 1.165) is 27.6 Å². The van der Waals surface area contributed by atoms with E-state index in [1.807, 2.05) is 73.7 Å². The van der Waals surface area contributed by atoms with Crippen molar-refractivity contribution in [1.29, 1.82) is 0 Å². The summed E-state index contributed by atoms with van der Waals surface area (Å²) < 4.78 is 5.62. The van der Waals surface area contributed by atoms with Gasteiger partial charge in [-0.05, 0) is 53.2 Å². The van der Waals surface area contributed by atoms with Crippen LogP contribution in [0.15, 0.2) is 78.9 Å². The van der Waals surface area contributed by atoms with Crippen LogP contribution in [0.1, 0.15) is 12.5 Å². The lowest BCUT2D eigenvalue weighted by Gasteiger charge is -2.12. The van der Waals surface area contributed by atoms with Crippen LogP contribution in [0.4, 0.5) is 5.69 Å². The predicted octanol–water partition coefficient (Wildman–Crippen LogP) is 4.85. The van der Waals surface area contributed by atoms with Gasteiger partial charge >= 0.3 is 0 Å². The molecule has 3 aromatic rings. The molecule has 0 saturated carbocycles. The number of ether oxygens (including phenoxy) is 1. The molecule has 2 N–H and O–H groups in total. The van der Waals surface area contributed by atoms with Crippen molar-refractivity contribution < 1.29 is 9.53 Å². The first kappa shape index (κ1) is 19.6. The first-order chi connectivity index (χ1) is 13.5. The molecular formula is C23H22N2O2S. The van der Waals surface area contributed by atoms with E-state index in [4.69, 9.17) is 17.0 Å². The van der Waals surface area contributed by atoms with Crippen LogP contribution < -0.4 is 15.4 Å². The number of amides is 1. The molecule has 3 aromatic carbocycles. The molecule has 0 atom stereocenters. The van der Waals surface area contributed by atoms with Gasteiger partial charge in [0.05, 0.1) is 6.42 Å². The van der Waals surface area contributed by atoms with Crippen LogP contribution in [0.2, 0.25) is 0 Å². The van der Waals surface area contributed by atoms with E-state index in [1.165, 1.54) is 0 Å². The molecule has 3 rings (SSSR count). The second kappa shape index (κ2) is 9.15. The smallest absolute Gasteiger partial charge is 0.230 e. The lowest BCUT2D eigenvalue weighted by molar-refractivity contribution is -0.119. The zero-order valence-corrected chi connectivity index (χ0v) is 16.5. The standard InChI is InChI=1S/C23H22N2O2S/c1-16(2)15-27-20-11-6-10-19(14-20)24-23(28)25-22(26)13-18-9-5-8-17-7-3-4-12-21(17)18/h3-12,14H,1,13,15H2,2H3,(H2,24,25,26,28). The van der Waals surface area contributed by atoms with Crippen molar-refractivity contribution in [3.8, 4) is 5.75 Å². The molecule has 0 unspecified atom stereocenters. The zero-order chi connectivity index (χ0) is 19.9. The van der Waals surface area contributed by atoms with Crippen LogP contribution in [-0.4, -0.2) is 17.6 Å². The van der Waals surface area contributed by atoms with Gasteiger partial charge in [0.1, 0.15) is 12.4 Å². The lowest BCUT2D eigenvalue weighted by atomic mass is 10.0. The first-order valence-corrected chi connectivity index (χ1v) is 9.37. The normalized spacial score (nSPS) is 10.3. The fourth-order valence-corrected chi connectivity index (χ4v) is 3.05. The van der Waals surface area contributed by atoms with Crippen LogP contribution >= 0.6 is 12.2 Å². The SMILES string of the molecule is C=C(C)COc1cccc(NC(=S)NC(=O)Cc2cccc3ccccc23)c1. The summed E-state index contributed by atoms with van der Waals surface area (Å²) >= 11 is 5.28. The Balaban J connectivity index is 1.59. The molecule has 28 heavy (non-hydrogen) atoms. The van der Waals surface area contributed by atoms with Crippen LogP contribution in [-0.2, 0) is 11.2 Å². The summed E-state index contributed by atoms with van der Waals surface area (Å²) in [5.74, 6) is 0.543. The minimum absolute atomic E-state index is 0.163. The van der Waals surface area contributed by atoms with Crippen LogP contribution in [0.3, 0.4) is 0 Å². The Morgan fingerprint density at radius 3 is 2.64 bits per heavy atom. The van der Waals surface area contributed by atoms with E-state index in [0.29, 0.717) is 12.4 Å². The third-order valence-corrected chi connectivity index (χ3v) is 4.27. The van der Waals surface area contributed by atoms with Crippen LogP contribution in [0, 0.1) is 0 Å². The number of carbonyl (C=O) groups excluding carboxylic acids is 1. The fraction of sp³-hybridized carbons (Fsp3) is 0.130. The molecular weight excluding hydrogens is 368 g/mol. The van der Waals surface area contributed by atoms with E-state index in [-0.39, 0.29) is 17.4 Å². The first-order valence-electron chi connectivity index (χ1n) is 8.96. The summed E-state index contributed by atoms with van der Waals surface area (Å²) in [6.07, 6.45) is 0.255. The Morgan fingerprint density at radius 2 is 1.82 bits per heavy atom. The Labute approximate surface area is 170 Å². The van der Waals surface area contributed by atoms with Crippen molar-refractivity contribution in [3.05, 3.63) is 84.4 Å². The van der Waals surface area contributed by atoms with Gasteiger partial charge in [-0.15, -0.1) is 0 Å². The maximum Gasteiger partial charge on any atom is 0.230 e. The topological polar surface area (TPSA) is 50.4 Å². The van der Waals surface area contributed by atoms with Crippen LogP contribution in [0.25, 0.3) is 10.8 Å². The summed E-state index contributed by atoms with van der Waals surface area (Å²) in [6.45, 7) is 6.18. The van der Waals surface area contributed by atoms with Gasteiger partial charge in [-0.2, -0.15) is 0 Å². The summed E-state index contributed by atoms with van der Waals surface area (Å²) in [6, 6.07) is 21.4. The quantitative estimate of drug-likeness (QED) is 0.467. The third kappa shape index (κ3) is 5.41. The molecule has 0 aliphatic carbocycles. The minimum atomic E-state index is -0.163. The average molecular weight is 391 g/mol. The van der Waals surface area contributed by atoms with Gasteiger partial charge in [0.2, 0.25) is 5.91 Å². The van der Waals surface area contributed by atoms with Gasteiger partial charge in [0.15, 0.2) is 5.11 Å². The predicted molar refractivity (Wildman–Crippen MR) is 119 cm³/mol. The molecule has 0 aliphatic heterocycles. The third-order valence-electron chi connectivity index (χ3n) is 4.06. The fourth-order valence-electron chi connectivity index (χ4n) is 2.82. The van der Waals surface area contributed by atoms with Gasteiger partial charge in [0, 0.05) is 11.8 Å². The number of nitrogens with one attached hydrogen (secondary N) is 2. The number of fused-ring (bicyclic) bond motifs is 1. The van der Waals surface area contributed by atoms with E-state index < -0.39 is 0 Å². The monoisotopic (exact) mass is 390 g/mol. The molecule has 0 fully saturated rings. The van der Waals surface area contributed by atoms with Crippen molar-refractivity contribution in [1.82, 2.24) is 5.32 Å². The van der Waals surface area contributed by atoms with Crippen molar-refractivity contribution >= 4 is 39.7 Å². The highest BCUT2D eigenvalue weighted by atomic mass is 32.1. The van der Waals surface area contributed by atoms with E-state index >= 15 is 0 Å². The van der Waals surface area contributed by atoms with Gasteiger partial charge in [-0.1, -0.05) is 55.1 Å². The molecule has 0 heterocycles. The van der Waals surface area contributed by atoms with Crippen molar-refractivity contribution in [2.24, 2.45) is 0 Å². The van der Waals surface area contributed by atoms with Gasteiger partial charge in [-0.3, -0.25) is 4.79 Å². The average Bonchev–Trinajstić information content (AvgIpc) is 2.67. The number of carbonyl (C=O) groups is 1. The number of hydrogen-bond donors (Lipinski definition) is 2. The van der Waals surface area contributed by atoms with Crippen molar-refractivity contribution in [2.75, 3.05) is 11.9 Å². The van der Waals surface area contributed by atoms with Crippen molar-refractivity contribution in [2.45, 2.75) is 13.3 Å². The summed E-state index contributed by atoms with van der Waals surface area (Å²) in [4.78, 5) is 12.4. The Morgan fingerprint density at radius 1 is 1.07 bits per heavy atom. The maximum atomic E-state index is 12.4. The van der Waals surface area contributed by atoms with E-state index in [1.54, 1.807) is 0 Å². The second-order valence-corrected chi connectivity index (χ2v) is 7.00. The number of benzene rings is 3. The van der Waals surface area contributed by atoms with Crippen LogP contribution in [0.5, 0.6) is 5.75 Å². The molecule has 0 aromatic heterocycles. The summed E-state index contributed by atoms with van der Waals surface area (Å²) in [5, 5.41) is 8.19. The maximum absolute atomic E-state index is 12.4. The Kier molecular flexibility index (Phi) is 6.40. The van der Waals surface area contributed by atoms with E-state index in [9.17, 15) is 4.79 Å². The molecule has 0 aliphatic rings. The van der Waals surface area contributed by atoms with Gasteiger partial charge in [-0.25, -0.2) is 0 Å². The van der Waals surface area contributed by atoms with Gasteiger partial charge < -0.3 is 15.4 Å². The van der Waals surface area contributed by atoms with E-state index in [2.05, 4.69) is 17.2 Å². The molecule has 0 bridgehead atoms. The lowest BCUT2D eigenvalue weighted by Crippen LogP contribution is -2.35. The molecule has 0 radical (unpaired) electrons. The highest BCUT2D eigenvalue weighted by molar-refractivity contribution is 7.80. The summed E-state index contributed by atoms with van der Waals surface area (Å²) in [7, 11) is 0. The zero-order valence-electron chi connectivity index (χ0n) is 15.7. The van der Waals surface area contributed by atoms with Crippen molar-refractivity contribution in [3.63, 3.8) is 0 Å². The molecule has 0 spiro atoms. The number of hydrogen-bond acceptors (Lipinski definition) is 3. The second-order valence-electron chi connectivity index (χ2n) is 6.59. The molecule has 1 amide bonds. The van der Waals surface area contributed by atoms with Gasteiger partial charge in [0.25, 0.3) is 0 Å². The number of thiocarbonyl (C=S) groups is 1. The molecule has 142 valence electrons. The summed E-state index contributed by atoms with van der Waals surface area (Å²) in [5.41, 5.74) is 2.65. The number of anilines is 1. The molecule has 0 saturated heterocycles. The molecule has 5 heteroatoms. The Bertz CT molecular complexity index is 1020. The Hall–Kier alpha value is -3.18.